The van der Waals surface area contributed by atoms with Gasteiger partial charge in [0.1, 0.15) is 5.76 Å². The number of hydrogen-bond donors (Lipinski definition) is 2. The molecule has 2 heterocycles. The number of nitrogens with one attached hydrogen (secondary N) is 2. The van der Waals surface area contributed by atoms with E-state index in [4.69, 9.17) is 4.52 Å². The van der Waals surface area contributed by atoms with E-state index in [2.05, 4.69) is 15.8 Å². The van der Waals surface area contributed by atoms with Crippen molar-refractivity contribution in [3.05, 3.63) is 33.7 Å². The molecule has 2 aromatic rings. The van der Waals surface area contributed by atoms with Gasteiger partial charge in [-0.25, -0.2) is 0 Å². The number of carbonyl (C=O) groups excluding carboxylic acids is 2. The van der Waals surface area contributed by atoms with E-state index in [9.17, 15) is 9.59 Å². The summed E-state index contributed by atoms with van der Waals surface area (Å²) in [5, 5.41) is 10.9. The lowest BCUT2D eigenvalue weighted by atomic mass is 10.3. The number of nitrogens with zero attached hydrogens (tertiary/aromatic N) is 1. The van der Waals surface area contributed by atoms with Gasteiger partial charge in [0.2, 0.25) is 11.8 Å². The molecular weight excluding hydrogens is 334 g/mol. The summed E-state index contributed by atoms with van der Waals surface area (Å²) in [4.78, 5) is 25.0. The third kappa shape index (κ3) is 5.40. The maximum absolute atomic E-state index is 12.0. The maximum atomic E-state index is 12.0. The van der Waals surface area contributed by atoms with E-state index < -0.39 is 0 Å². The number of thiophene rings is 1. The molecule has 8 heteroatoms. The summed E-state index contributed by atoms with van der Waals surface area (Å²) >= 11 is 2.90. The maximum Gasteiger partial charge on any atom is 0.238 e. The van der Waals surface area contributed by atoms with Crippen LogP contribution in [0, 0.1) is 13.8 Å². The fraction of sp³-hybridized carbons (Fsp3) is 0.400. The minimum absolute atomic E-state index is 0.0836. The molecule has 0 saturated heterocycles. The molecule has 0 bridgehead atoms. The van der Waals surface area contributed by atoms with E-state index in [0.29, 0.717) is 18.1 Å². The zero-order valence-corrected chi connectivity index (χ0v) is 14.8. The molecule has 2 amide bonds. The highest BCUT2D eigenvalue weighted by atomic mass is 32.2. The molecule has 1 atom stereocenters. The molecule has 0 fully saturated rings. The highest BCUT2D eigenvalue weighted by Gasteiger charge is 2.16. The van der Waals surface area contributed by atoms with Gasteiger partial charge in [-0.15, -0.1) is 23.1 Å². The summed E-state index contributed by atoms with van der Waals surface area (Å²) in [5.74, 6) is 0.961. The van der Waals surface area contributed by atoms with Crippen LogP contribution in [0.3, 0.4) is 0 Å². The van der Waals surface area contributed by atoms with Gasteiger partial charge in [-0.1, -0.05) is 5.16 Å². The SMILES string of the molecule is Cc1cc(NC(=O)C(C)SCC(=O)NCc2sccc2C)no1. The van der Waals surface area contributed by atoms with Gasteiger partial charge in [0.25, 0.3) is 0 Å². The second kappa shape index (κ2) is 8.16. The lowest BCUT2D eigenvalue weighted by Gasteiger charge is -2.10. The number of amides is 2. The smallest absolute Gasteiger partial charge is 0.238 e. The number of carbonyl (C=O) groups is 2. The van der Waals surface area contributed by atoms with Crippen LogP contribution >= 0.6 is 23.1 Å². The Morgan fingerprint density at radius 3 is 2.83 bits per heavy atom. The Morgan fingerprint density at radius 1 is 1.43 bits per heavy atom. The average molecular weight is 353 g/mol. The van der Waals surface area contributed by atoms with Crippen LogP contribution in [0.25, 0.3) is 0 Å². The normalized spacial score (nSPS) is 12.0. The third-order valence-corrected chi connectivity index (χ3v) is 5.29. The predicted octanol–water partition coefficient (Wildman–Crippen LogP) is 2.73. The first-order valence-corrected chi connectivity index (χ1v) is 9.04. The Kier molecular flexibility index (Phi) is 6.23. The Labute approximate surface area is 143 Å². The Balaban J connectivity index is 1.70. The Morgan fingerprint density at radius 2 is 2.22 bits per heavy atom. The van der Waals surface area contributed by atoms with Gasteiger partial charge in [-0.3, -0.25) is 9.59 Å². The molecule has 2 rings (SSSR count). The predicted molar refractivity (Wildman–Crippen MR) is 92.7 cm³/mol. The highest BCUT2D eigenvalue weighted by molar-refractivity contribution is 8.01. The molecule has 0 aliphatic rings. The topological polar surface area (TPSA) is 84.2 Å². The van der Waals surface area contributed by atoms with Gasteiger partial charge < -0.3 is 15.2 Å². The second-order valence-corrected chi connectivity index (χ2v) is 7.40. The molecule has 0 aromatic carbocycles. The number of aromatic nitrogens is 1. The van der Waals surface area contributed by atoms with E-state index in [1.165, 1.54) is 17.3 Å². The summed E-state index contributed by atoms with van der Waals surface area (Å²) in [6.45, 7) is 6.05. The Hall–Kier alpha value is -1.80. The molecular formula is C15H19N3O3S2. The van der Waals surface area contributed by atoms with Crippen molar-refractivity contribution in [3.8, 4) is 0 Å². The van der Waals surface area contributed by atoms with Crippen LogP contribution in [0.5, 0.6) is 0 Å². The summed E-state index contributed by atoms with van der Waals surface area (Å²) in [6.07, 6.45) is 0. The van der Waals surface area contributed by atoms with Crippen molar-refractivity contribution in [1.29, 1.82) is 0 Å². The van der Waals surface area contributed by atoms with Gasteiger partial charge >= 0.3 is 0 Å². The van der Waals surface area contributed by atoms with Gasteiger partial charge in [0, 0.05) is 10.9 Å². The van der Waals surface area contributed by atoms with E-state index >= 15 is 0 Å². The summed E-state index contributed by atoms with van der Waals surface area (Å²) in [7, 11) is 0. The van der Waals surface area contributed by atoms with Crippen LogP contribution in [0.15, 0.2) is 22.0 Å². The van der Waals surface area contributed by atoms with Crippen molar-refractivity contribution in [2.75, 3.05) is 11.1 Å². The Bertz CT molecular complexity index is 681. The fourth-order valence-electron chi connectivity index (χ4n) is 1.74. The molecule has 2 aromatic heterocycles. The second-order valence-electron chi connectivity index (χ2n) is 5.07. The number of thioether (sulfide) groups is 1. The number of anilines is 1. The molecule has 0 aliphatic carbocycles. The fourth-order valence-corrected chi connectivity index (χ4v) is 3.30. The van der Waals surface area contributed by atoms with Gasteiger partial charge in [0.05, 0.1) is 17.5 Å². The summed E-state index contributed by atoms with van der Waals surface area (Å²) in [5.41, 5.74) is 1.18. The van der Waals surface area contributed by atoms with Crippen LogP contribution in [0.4, 0.5) is 5.82 Å². The average Bonchev–Trinajstić information content (AvgIpc) is 3.11. The minimum Gasteiger partial charge on any atom is -0.360 e. The molecule has 6 nitrogen and oxygen atoms in total. The van der Waals surface area contributed by atoms with Crippen LogP contribution in [0.1, 0.15) is 23.1 Å². The minimum atomic E-state index is -0.360. The van der Waals surface area contributed by atoms with Crippen LogP contribution in [0.2, 0.25) is 0 Å². The van der Waals surface area contributed by atoms with Gasteiger partial charge in [-0.2, -0.15) is 0 Å². The van der Waals surface area contributed by atoms with Crippen LogP contribution in [-0.2, 0) is 16.1 Å². The highest BCUT2D eigenvalue weighted by Crippen LogP contribution is 2.16. The van der Waals surface area contributed by atoms with Crippen molar-refractivity contribution >= 4 is 40.7 Å². The molecule has 1 unspecified atom stereocenters. The lowest BCUT2D eigenvalue weighted by Crippen LogP contribution is -2.28. The van der Waals surface area contributed by atoms with E-state index in [0.717, 1.165) is 4.88 Å². The molecule has 0 spiro atoms. The first-order chi connectivity index (χ1) is 11.0. The monoisotopic (exact) mass is 353 g/mol. The first kappa shape index (κ1) is 17.6. The summed E-state index contributed by atoms with van der Waals surface area (Å²) in [6, 6.07) is 3.67. The quantitative estimate of drug-likeness (QED) is 0.799. The summed E-state index contributed by atoms with van der Waals surface area (Å²) < 4.78 is 4.89. The third-order valence-electron chi connectivity index (χ3n) is 3.13. The lowest BCUT2D eigenvalue weighted by molar-refractivity contribution is -0.118. The molecule has 0 saturated carbocycles. The van der Waals surface area contributed by atoms with Crippen molar-refractivity contribution < 1.29 is 14.1 Å². The van der Waals surface area contributed by atoms with E-state index in [1.807, 2.05) is 18.4 Å². The van der Waals surface area contributed by atoms with E-state index in [-0.39, 0.29) is 22.8 Å². The molecule has 0 aliphatic heterocycles. The van der Waals surface area contributed by atoms with Crippen LogP contribution < -0.4 is 10.6 Å². The first-order valence-electron chi connectivity index (χ1n) is 7.11. The van der Waals surface area contributed by atoms with Crippen molar-refractivity contribution in [3.63, 3.8) is 0 Å². The standard InChI is InChI=1S/C15H19N3O3S2/c1-9-4-5-22-12(9)7-16-14(19)8-23-11(3)15(20)17-13-6-10(2)21-18-13/h4-6,11H,7-8H2,1-3H3,(H,16,19)(H,17,18,20). The number of rotatable bonds is 7. The number of aryl methyl sites for hydroxylation is 2. The molecule has 0 radical (unpaired) electrons. The van der Waals surface area contributed by atoms with Gasteiger partial charge in [-0.05, 0) is 37.8 Å². The molecule has 124 valence electrons. The largest absolute Gasteiger partial charge is 0.360 e. The van der Waals surface area contributed by atoms with Crippen LogP contribution in [-0.4, -0.2) is 28.0 Å². The van der Waals surface area contributed by atoms with Crippen molar-refractivity contribution in [1.82, 2.24) is 10.5 Å². The van der Waals surface area contributed by atoms with Crippen molar-refractivity contribution in [2.45, 2.75) is 32.6 Å². The van der Waals surface area contributed by atoms with E-state index in [1.54, 1.807) is 31.3 Å². The number of hydrogen-bond acceptors (Lipinski definition) is 6. The molecule has 2 N–H and O–H groups in total. The zero-order chi connectivity index (χ0) is 16.8. The molecule has 23 heavy (non-hydrogen) atoms. The zero-order valence-electron chi connectivity index (χ0n) is 13.2. The van der Waals surface area contributed by atoms with Gasteiger partial charge in [0.15, 0.2) is 5.82 Å². The van der Waals surface area contributed by atoms with Crippen molar-refractivity contribution in [2.24, 2.45) is 0 Å².